The lowest BCUT2D eigenvalue weighted by molar-refractivity contribution is -0.112. The summed E-state index contributed by atoms with van der Waals surface area (Å²) in [5.41, 5.74) is 8.17. The van der Waals surface area contributed by atoms with Crippen LogP contribution >= 0.6 is 0 Å². The van der Waals surface area contributed by atoms with Crippen molar-refractivity contribution in [1.82, 2.24) is 19.5 Å². The monoisotopic (exact) mass is 418 g/mol. The highest BCUT2D eigenvalue weighted by Gasteiger charge is 2.15. The van der Waals surface area contributed by atoms with Crippen LogP contribution in [0.25, 0.3) is 27.7 Å². The Bertz CT molecular complexity index is 1330. The molecule has 3 aromatic heterocycles. The number of aryl methyl sites for hydroxylation is 1. The minimum Gasteiger partial charge on any atom is -0.480 e. The quantitative estimate of drug-likeness (QED) is 0.465. The lowest BCUT2D eigenvalue weighted by Crippen LogP contribution is -2.12. The Labute approximate surface area is 177 Å². The highest BCUT2D eigenvalue weighted by Crippen LogP contribution is 2.32. The third-order valence-electron chi connectivity index (χ3n) is 4.82. The molecular formula is C22H19FN6O2. The van der Waals surface area contributed by atoms with Gasteiger partial charge in [-0.2, -0.15) is 0 Å². The highest BCUT2D eigenvalue weighted by molar-refractivity contribution is 6.18. The normalized spacial score (nSPS) is 10.8. The summed E-state index contributed by atoms with van der Waals surface area (Å²) in [4.78, 5) is 24.4. The molecule has 0 aliphatic rings. The maximum atomic E-state index is 14.3. The van der Waals surface area contributed by atoms with Crippen LogP contribution in [0.3, 0.4) is 0 Å². The number of aromatic nitrogens is 4. The van der Waals surface area contributed by atoms with Gasteiger partial charge in [0.1, 0.15) is 11.5 Å². The molecule has 0 bridgehead atoms. The van der Waals surface area contributed by atoms with Crippen molar-refractivity contribution in [2.45, 2.75) is 0 Å². The zero-order chi connectivity index (χ0) is 22.1. The number of nitrogens with one attached hydrogen (secondary N) is 1. The van der Waals surface area contributed by atoms with Crippen LogP contribution in [-0.2, 0) is 11.8 Å². The summed E-state index contributed by atoms with van der Waals surface area (Å²) in [7, 11) is 3.25. The second kappa shape index (κ2) is 7.86. The molecule has 31 heavy (non-hydrogen) atoms. The van der Waals surface area contributed by atoms with Crippen molar-refractivity contribution in [3.8, 4) is 17.1 Å². The Morgan fingerprint density at radius 1 is 1.29 bits per heavy atom. The minimum absolute atomic E-state index is 0.116. The van der Waals surface area contributed by atoms with Crippen LogP contribution in [0, 0.1) is 5.82 Å². The van der Waals surface area contributed by atoms with E-state index in [0.29, 0.717) is 22.5 Å². The first-order valence-corrected chi connectivity index (χ1v) is 9.26. The van der Waals surface area contributed by atoms with E-state index in [4.69, 9.17) is 10.5 Å². The van der Waals surface area contributed by atoms with E-state index < -0.39 is 5.91 Å². The van der Waals surface area contributed by atoms with Crippen LogP contribution in [0.1, 0.15) is 5.56 Å². The van der Waals surface area contributed by atoms with Crippen LogP contribution in [0.15, 0.2) is 55.5 Å². The summed E-state index contributed by atoms with van der Waals surface area (Å²) in [5, 5.41) is 3.79. The van der Waals surface area contributed by atoms with Gasteiger partial charge >= 0.3 is 0 Å². The summed E-state index contributed by atoms with van der Waals surface area (Å²) in [6.45, 7) is 3.67. The standard InChI is InChI=1S/C22H19FN6O2/c1-12(20(24)30)13-9-18(21(31-3)26-10-13)28-22-25-8-7-17(27-22)15-11-29(2)19-14(15)5-4-6-16(19)23/h4-11H,1H2,2-3H3,(H2,24,30)(H,25,27,28). The second-order valence-corrected chi connectivity index (χ2v) is 6.80. The largest absolute Gasteiger partial charge is 0.480 e. The molecule has 0 atom stereocenters. The topological polar surface area (TPSA) is 108 Å². The number of anilines is 2. The molecule has 156 valence electrons. The second-order valence-electron chi connectivity index (χ2n) is 6.80. The smallest absolute Gasteiger partial charge is 0.248 e. The Hall–Kier alpha value is -4.27. The average molecular weight is 418 g/mol. The van der Waals surface area contributed by atoms with Crippen LogP contribution in [0.4, 0.5) is 16.0 Å². The number of amides is 1. The number of ether oxygens (including phenoxy) is 1. The van der Waals surface area contributed by atoms with Gasteiger partial charge in [0.15, 0.2) is 0 Å². The molecule has 3 heterocycles. The fourth-order valence-corrected chi connectivity index (χ4v) is 3.32. The molecule has 4 aromatic rings. The maximum absolute atomic E-state index is 14.3. The summed E-state index contributed by atoms with van der Waals surface area (Å²) in [5.74, 6) is -0.407. The van der Waals surface area contributed by atoms with Gasteiger partial charge in [0.25, 0.3) is 0 Å². The molecule has 3 N–H and O–H groups in total. The minimum atomic E-state index is -0.653. The molecule has 9 heteroatoms. The Balaban J connectivity index is 1.74. The number of primary amides is 1. The van der Waals surface area contributed by atoms with Crippen LogP contribution in [0.5, 0.6) is 5.88 Å². The molecule has 0 saturated carbocycles. The first-order chi connectivity index (χ1) is 14.9. The molecule has 8 nitrogen and oxygen atoms in total. The van der Waals surface area contributed by atoms with Crippen LogP contribution in [-0.4, -0.2) is 32.5 Å². The molecule has 0 spiro atoms. The number of benzene rings is 1. The molecule has 0 aliphatic carbocycles. The van der Waals surface area contributed by atoms with Crippen LogP contribution in [0.2, 0.25) is 0 Å². The number of hydrogen-bond donors (Lipinski definition) is 2. The number of para-hydroxylation sites is 1. The zero-order valence-corrected chi connectivity index (χ0v) is 16.9. The molecule has 0 fully saturated rings. The van der Waals surface area contributed by atoms with E-state index in [-0.39, 0.29) is 23.2 Å². The fourth-order valence-electron chi connectivity index (χ4n) is 3.32. The van der Waals surface area contributed by atoms with Crippen molar-refractivity contribution in [2.75, 3.05) is 12.4 Å². The number of hydrogen-bond acceptors (Lipinski definition) is 6. The number of carbonyl (C=O) groups excluding carboxylic acids is 1. The Kier molecular flexibility index (Phi) is 5.08. The fraction of sp³-hybridized carbons (Fsp3) is 0.0909. The predicted octanol–water partition coefficient (Wildman–Crippen LogP) is 3.42. The molecule has 0 saturated heterocycles. The van der Waals surface area contributed by atoms with E-state index in [0.717, 1.165) is 10.9 Å². The molecule has 0 aliphatic heterocycles. The molecular weight excluding hydrogens is 399 g/mol. The average Bonchev–Trinajstić information content (AvgIpc) is 3.11. The third kappa shape index (κ3) is 3.68. The van der Waals surface area contributed by atoms with Crippen molar-refractivity contribution in [1.29, 1.82) is 0 Å². The summed E-state index contributed by atoms with van der Waals surface area (Å²) >= 11 is 0. The summed E-state index contributed by atoms with van der Waals surface area (Å²) in [6.07, 6.45) is 4.85. The molecule has 0 radical (unpaired) electrons. The number of rotatable bonds is 6. The van der Waals surface area contributed by atoms with Crippen LogP contribution < -0.4 is 15.8 Å². The zero-order valence-electron chi connectivity index (χ0n) is 16.9. The SMILES string of the molecule is C=C(C(N)=O)c1cnc(OC)c(Nc2nccc(-c3cn(C)c4c(F)cccc34)n2)c1. The Morgan fingerprint density at radius 2 is 2.10 bits per heavy atom. The van der Waals surface area contributed by atoms with Gasteiger partial charge in [-0.25, -0.2) is 19.3 Å². The lowest BCUT2D eigenvalue weighted by atomic mass is 10.1. The first kappa shape index (κ1) is 20.0. The molecule has 0 unspecified atom stereocenters. The van der Waals surface area contributed by atoms with E-state index in [1.165, 1.54) is 19.4 Å². The van der Waals surface area contributed by atoms with Gasteiger partial charge < -0.3 is 20.4 Å². The van der Waals surface area contributed by atoms with E-state index in [2.05, 4.69) is 26.8 Å². The number of nitrogens with zero attached hydrogens (tertiary/aromatic N) is 4. The van der Waals surface area contributed by atoms with Crippen molar-refractivity contribution in [3.63, 3.8) is 0 Å². The maximum Gasteiger partial charge on any atom is 0.248 e. The van der Waals surface area contributed by atoms with Crippen molar-refractivity contribution in [2.24, 2.45) is 12.8 Å². The third-order valence-corrected chi connectivity index (χ3v) is 4.82. The number of pyridine rings is 1. The number of halogens is 1. The van der Waals surface area contributed by atoms with Gasteiger partial charge in [-0.05, 0) is 18.2 Å². The lowest BCUT2D eigenvalue weighted by Gasteiger charge is -2.11. The summed E-state index contributed by atoms with van der Waals surface area (Å²) in [6, 6.07) is 8.29. The van der Waals surface area contributed by atoms with Gasteiger partial charge in [-0.1, -0.05) is 18.7 Å². The molecule has 1 amide bonds. The van der Waals surface area contributed by atoms with E-state index in [9.17, 15) is 9.18 Å². The predicted molar refractivity (Wildman–Crippen MR) is 116 cm³/mol. The molecule has 1 aromatic carbocycles. The molecule has 4 rings (SSSR count). The van der Waals surface area contributed by atoms with Gasteiger partial charge in [0.05, 0.1) is 18.3 Å². The number of methoxy groups -OCH3 is 1. The highest BCUT2D eigenvalue weighted by atomic mass is 19.1. The van der Waals surface area contributed by atoms with E-state index in [1.54, 1.807) is 36.0 Å². The number of fused-ring (bicyclic) bond motifs is 1. The van der Waals surface area contributed by atoms with Gasteiger partial charge in [0, 0.05) is 47.7 Å². The van der Waals surface area contributed by atoms with Crippen molar-refractivity contribution < 1.29 is 13.9 Å². The first-order valence-electron chi connectivity index (χ1n) is 9.26. The van der Waals surface area contributed by atoms with E-state index >= 15 is 0 Å². The van der Waals surface area contributed by atoms with Crippen molar-refractivity contribution >= 4 is 34.0 Å². The van der Waals surface area contributed by atoms with Gasteiger partial charge in [0.2, 0.25) is 17.7 Å². The van der Waals surface area contributed by atoms with Crippen molar-refractivity contribution in [3.05, 3.63) is 66.9 Å². The van der Waals surface area contributed by atoms with E-state index in [1.807, 2.05) is 12.3 Å². The Morgan fingerprint density at radius 3 is 2.84 bits per heavy atom. The summed E-state index contributed by atoms with van der Waals surface area (Å²) < 4.78 is 21.3. The van der Waals surface area contributed by atoms with Gasteiger partial charge in [-0.15, -0.1) is 0 Å². The number of carbonyl (C=O) groups is 1. The van der Waals surface area contributed by atoms with Gasteiger partial charge in [-0.3, -0.25) is 4.79 Å². The number of nitrogens with two attached hydrogens (primary N) is 1.